The standard InChI is InChI=1S/C12H16Cl2N2O/c1-8(2)15-7-6-11(17)16-10-5-3-4-9(13)12(10)14/h3-5,8,15H,6-7H2,1-2H3,(H,16,17). The summed E-state index contributed by atoms with van der Waals surface area (Å²) in [5.41, 5.74) is 0.550. The van der Waals surface area contributed by atoms with Gasteiger partial charge in [-0.05, 0) is 12.1 Å². The lowest BCUT2D eigenvalue weighted by molar-refractivity contribution is -0.116. The zero-order valence-electron chi connectivity index (χ0n) is 9.89. The lowest BCUT2D eigenvalue weighted by atomic mass is 10.3. The molecule has 0 aliphatic heterocycles. The number of carbonyl (C=O) groups is 1. The van der Waals surface area contributed by atoms with Crippen LogP contribution >= 0.6 is 23.2 Å². The molecule has 0 aliphatic rings. The molecule has 0 spiro atoms. The van der Waals surface area contributed by atoms with Gasteiger partial charge in [-0.2, -0.15) is 0 Å². The maximum atomic E-state index is 11.6. The van der Waals surface area contributed by atoms with Crippen LogP contribution < -0.4 is 10.6 Å². The fourth-order valence-corrected chi connectivity index (χ4v) is 1.64. The van der Waals surface area contributed by atoms with E-state index in [0.29, 0.717) is 34.7 Å². The molecule has 0 radical (unpaired) electrons. The van der Waals surface area contributed by atoms with E-state index in [-0.39, 0.29) is 5.91 Å². The van der Waals surface area contributed by atoms with Gasteiger partial charge in [-0.3, -0.25) is 4.79 Å². The van der Waals surface area contributed by atoms with E-state index < -0.39 is 0 Å². The molecule has 1 amide bonds. The maximum Gasteiger partial charge on any atom is 0.225 e. The van der Waals surface area contributed by atoms with Crippen LogP contribution in [-0.2, 0) is 4.79 Å². The summed E-state index contributed by atoms with van der Waals surface area (Å²) in [4.78, 5) is 11.6. The number of amides is 1. The van der Waals surface area contributed by atoms with Crippen LogP contribution in [0.4, 0.5) is 5.69 Å². The number of nitrogens with one attached hydrogen (secondary N) is 2. The first-order valence-electron chi connectivity index (χ1n) is 5.48. The third kappa shape index (κ3) is 4.94. The van der Waals surface area contributed by atoms with Crippen LogP contribution in [0.5, 0.6) is 0 Å². The Bertz CT molecular complexity index is 394. The largest absolute Gasteiger partial charge is 0.325 e. The Labute approximate surface area is 111 Å². The summed E-state index contributed by atoms with van der Waals surface area (Å²) in [6.45, 7) is 4.71. The van der Waals surface area contributed by atoms with E-state index in [9.17, 15) is 4.79 Å². The molecule has 0 saturated heterocycles. The summed E-state index contributed by atoms with van der Waals surface area (Å²) >= 11 is 11.8. The van der Waals surface area contributed by atoms with E-state index in [0.717, 1.165) is 0 Å². The number of benzene rings is 1. The van der Waals surface area contributed by atoms with Gasteiger partial charge < -0.3 is 10.6 Å². The zero-order chi connectivity index (χ0) is 12.8. The second kappa shape index (κ2) is 6.84. The highest BCUT2D eigenvalue weighted by molar-refractivity contribution is 6.43. The molecule has 0 bridgehead atoms. The highest BCUT2D eigenvalue weighted by atomic mass is 35.5. The normalized spacial score (nSPS) is 10.6. The highest BCUT2D eigenvalue weighted by Gasteiger charge is 2.07. The van der Waals surface area contributed by atoms with Gasteiger partial charge in [0, 0.05) is 19.0 Å². The number of anilines is 1. The Balaban J connectivity index is 2.48. The van der Waals surface area contributed by atoms with E-state index in [1.165, 1.54) is 0 Å². The minimum absolute atomic E-state index is 0.0812. The van der Waals surface area contributed by atoms with Crippen molar-refractivity contribution in [3.8, 4) is 0 Å². The quantitative estimate of drug-likeness (QED) is 0.865. The van der Waals surface area contributed by atoms with Crippen molar-refractivity contribution in [2.45, 2.75) is 26.3 Å². The van der Waals surface area contributed by atoms with Crippen LogP contribution in [0.1, 0.15) is 20.3 Å². The Kier molecular flexibility index (Phi) is 5.75. The Morgan fingerprint density at radius 3 is 2.71 bits per heavy atom. The first-order valence-corrected chi connectivity index (χ1v) is 6.23. The van der Waals surface area contributed by atoms with Crippen molar-refractivity contribution in [1.29, 1.82) is 0 Å². The summed E-state index contributed by atoms with van der Waals surface area (Å²) < 4.78 is 0. The van der Waals surface area contributed by atoms with Gasteiger partial charge in [-0.15, -0.1) is 0 Å². The molecule has 1 aromatic carbocycles. The fraction of sp³-hybridized carbons (Fsp3) is 0.417. The topological polar surface area (TPSA) is 41.1 Å². The van der Waals surface area contributed by atoms with E-state index in [2.05, 4.69) is 10.6 Å². The number of rotatable bonds is 5. The van der Waals surface area contributed by atoms with Gasteiger partial charge in [0.25, 0.3) is 0 Å². The van der Waals surface area contributed by atoms with Gasteiger partial charge in [0.2, 0.25) is 5.91 Å². The van der Waals surface area contributed by atoms with Gasteiger partial charge in [-0.1, -0.05) is 43.1 Å². The smallest absolute Gasteiger partial charge is 0.225 e. The molecule has 2 N–H and O–H groups in total. The van der Waals surface area contributed by atoms with E-state index >= 15 is 0 Å². The van der Waals surface area contributed by atoms with Gasteiger partial charge in [-0.25, -0.2) is 0 Å². The average Bonchev–Trinajstić information content (AvgIpc) is 2.24. The molecule has 1 rings (SSSR count). The molecular weight excluding hydrogens is 259 g/mol. The summed E-state index contributed by atoms with van der Waals surface area (Å²) in [6.07, 6.45) is 0.404. The minimum atomic E-state index is -0.0812. The van der Waals surface area contributed by atoms with Crippen molar-refractivity contribution in [2.24, 2.45) is 0 Å². The molecule has 0 saturated carbocycles. The monoisotopic (exact) mass is 274 g/mol. The third-order valence-electron chi connectivity index (χ3n) is 2.13. The molecule has 3 nitrogen and oxygen atoms in total. The van der Waals surface area contributed by atoms with Crippen molar-refractivity contribution in [3.63, 3.8) is 0 Å². The first-order chi connectivity index (χ1) is 8.00. The molecule has 0 unspecified atom stereocenters. The van der Waals surface area contributed by atoms with Crippen molar-refractivity contribution in [1.82, 2.24) is 5.32 Å². The Morgan fingerprint density at radius 1 is 1.35 bits per heavy atom. The second-order valence-corrected chi connectivity index (χ2v) is 4.79. The lowest BCUT2D eigenvalue weighted by Gasteiger charge is -2.10. The predicted molar refractivity (Wildman–Crippen MR) is 72.8 cm³/mol. The van der Waals surface area contributed by atoms with Crippen LogP contribution in [-0.4, -0.2) is 18.5 Å². The fourth-order valence-electron chi connectivity index (χ4n) is 1.29. The zero-order valence-corrected chi connectivity index (χ0v) is 11.4. The molecule has 17 heavy (non-hydrogen) atoms. The maximum absolute atomic E-state index is 11.6. The molecule has 0 heterocycles. The molecule has 0 atom stereocenters. The van der Waals surface area contributed by atoms with Gasteiger partial charge in [0.1, 0.15) is 0 Å². The minimum Gasteiger partial charge on any atom is -0.325 e. The summed E-state index contributed by atoms with van der Waals surface area (Å²) in [5.74, 6) is -0.0812. The number of hydrogen-bond donors (Lipinski definition) is 2. The predicted octanol–water partition coefficient (Wildman–Crippen LogP) is 3.32. The van der Waals surface area contributed by atoms with Crippen molar-refractivity contribution in [2.75, 3.05) is 11.9 Å². The van der Waals surface area contributed by atoms with Crippen molar-refractivity contribution >= 4 is 34.8 Å². The van der Waals surface area contributed by atoms with Crippen LogP contribution in [0.15, 0.2) is 18.2 Å². The van der Waals surface area contributed by atoms with E-state index in [1.54, 1.807) is 18.2 Å². The summed E-state index contributed by atoms with van der Waals surface area (Å²) in [5, 5.41) is 6.71. The van der Waals surface area contributed by atoms with E-state index in [4.69, 9.17) is 23.2 Å². The lowest BCUT2D eigenvalue weighted by Crippen LogP contribution is -2.27. The molecule has 0 fully saturated rings. The molecule has 0 aromatic heterocycles. The van der Waals surface area contributed by atoms with Crippen LogP contribution in [0.2, 0.25) is 10.0 Å². The second-order valence-electron chi connectivity index (χ2n) is 4.01. The Morgan fingerprint density at radius 2 is 2.06 bits per heavy atom. The Hall–Kier alpha value is -0.770. The first kappa shape index (κ1) is 14.3. The molecule has 94 valence electrons. The number of halogens is 2. The highest BCUT2D eigenvalue weighted by Crippen LogP contribution is 2.29. The van der Waals surface area contributed by atoms with Gasteiger partial charge >= 0.3 is 0 Å². The SMILES string of the molecule is CC(C)NCCC(=O)Nc1cccc(Cl)c1Cl. The number of hydrogen-bond acceptors (Lipinski definition) is 2. The van der Waals surface area contributed by atoms with Crippen molar-refractivity contribution < 1.29 is 4.79 Å². The molecule has 0 aliphatic carbocycles. The van der Waals surface area contributed by atoms with Gasteiger partial charge in [0.15, 0.2) is 0 Å². The molecule has 1 aromatic rings. The summed E-state index contributed by atoms with van der Waals surface area (Å²) in [6, 6.07) is 5.52. The molecule has 5 heteroatoms. The third-order valence-corrected chi connectivity index (χ3v) is 2.95. The summed E-state index contributed by atoms with van der Waals surface area (Å²) in [7, 11) is 0. The van der Waals surface area contributed by atoms with Gasteiger partial charge in [0.05, 0.1) is 15.7 Å². The van der Waals surface area contributed by atoms with E-state index in [1.807, 2.05) is 13.8 Å². The van der Waals surface area contributed by atoms with Crippen LogP contribution in [0.3, 0.4) is 0 Å². The molecular formula is C12H16Cl2N2O. The van der Waals surface area contributed by atoms with Crippen LogP contribution in [0, 0.1) is 0 Å². The van der Waals surface area contributed by atoms with Crippen molar-refractivity contribution in [3.05, 3.63) is 28.2 Å². The van der Waals surface area contributed by atoms with Crippen LogP contribution in [0.25, 0.3) is 0 Å². The number of carbonyl (C=O) groups excluding carboxylic acids is 1. The average molecular weight is 275 g/mol.